The maximum Gasteiger partial charge on any atom is 0.433 e. The minimum Gasteiger partial charge on any atom is -0.350 e. The maximum absolute atomic E-state index is 12.7. The number of hydrogen-bond donors (Lipinski definition) is 1. The lowest BCUT2D eigenvalue weighted by atomic mass is 10.0. The molecule has 0 aliphatic carbocycles. The van der Waals surface area contributed by atoms with Crippen LogP contribution in [0.5, 0.6) is 0 Å². The molecular formula is C24H24F3N7O. The van der Waals surface area contributed by atoms with Crippen molar-refractivity contribution in [2.24, 2.45) is 0 Å². The first-order chi connectivity index (χ1) is 16.7. The van der Waals surface area contributed by atoms with Crippen molar-refractivity contribution in [2.75, 3.05) is 28.7 Å². The summed E-state index contributed by atoms with van der Waals surface area (Å²) in [4.78, 5) is 33.6. The van der Waals surface area contributed by atoms with Crippen molar-refractivity contribution >= 4 is 23.4 Å². The van der Waals surface area contributed by atoms with E-state index in [2.05, 4.69) is 25.3 Å². The first-order valence-corrected chi connectivity index (χ1v) is 11.4. The fraction of sp³-hybridized carbons (Fsp3) is 0.375. The molecule has 1 atom stereocenters. The third kappa shape index (κ3) is 4.50. The number of hydrogen-bond acceptors (Lipinski definition) is 7. The smallest absolute Gasteiger partial charge is 0.350 e. The van der Waals surface area contributed by atoms with Gasteiger partial charge in [0.1, 0.15) is 17.4 Å². The van der Waals surface area contributed by atoms with Gasteiger partial charge in [-0.05, 0) is 43.0 Å². The first-order valence-electron chi connectivity index (χ1n) is 11.4. The first kappa shape index (κ1) is 23.0. The second-order valence-corrected chi connectivity index (χ2v) is 8.78. The number of amides is 1. The number of rotatable bonds is 5. The van der Waals surface area contributed by atoms with Crippen molar-refractivity contribution in [2.45, 2.75) is 44.9 Å². The van der Waals surface area contributed by atoms with Crippen molar-refractivity contribution in [1.82, 2.24) is 19.9 Å². The van der Waals surface area contributed by atoms with Crippen LogP contribution in [-0.2, 0) is 30.4 Å². The standard InChI is InChI=1S/C24H24F3N7O/c1-14-22(35)34-9-3-4-18-20(34)21(33(14)2)32-23(31-18)30-13-16-5-7-17(28-12-16)10-15-6-8-19(29-11-15)24(25,26)27/h5-8,11-12,14H,3-4,9-10,13H2,1-2H3,(H,30,31,32). The van der Waals surface area contributed by atoms with Crippen LogP contribution in [0.15, 0.2) is 36.7 Å². The summed E-state index contributed by atoms with van der Waals surface area (Å²) in [6, 6.07) is 5.86. The Hall–Kier alpha value is -3.76. The summed E-state index contributed by atoms with van der Waals surface area (Å²) in [7, 11) is 1.87. The molecule has 0 saturated heterocycles. The van der Waals surface area contributed by atoms with E-state index in [4.69, 9.17) is 0 Å². The van der Waals surface area contributed by atoms with Gasteiger partial charge in [-0.2, -0.15) is 18.2 Å². The zero-order valence-corrected chi connectivity index (χ0v) is 19.3. The lowest BCUT2D eigenvalue weighted by molar-refractivity contribution is -0.141. The molecule has 35 heavy (non-hydrogen) atoms. The van der Waals surface area contributed by atoms with E-state index >= 15 is 0 Å². The van der Waals surface area contributed by atoms with Gasteiger partial charge in [0, 0.05) is 44.6 Å². The molecular weight excluding hydrogens is 459 g/mol. The van der Waals surface area contributed by atoms with Crippen LogP contribution < -0.4 is 15.1 Å². The van der Waals surface area contributed by atoms with Crippen molar-refractivity contribution in [3.8, 4) is 0 Å². The van der Waals surface area contributed by atoms with Crippen LogP contribution in [-0.4, -0.2) is 45.5 Å². The number of halogens is 3. The number of aryl methyl sites for hydroxylation is 1. The summed E-state index contributed by atoms with van der Waals surface area (Å²) >= 11 is 0. The number of nitrogens with zero attached hydrogens (tertiary/aromatic N) is 6. The van der Waals surface area contributed by atoms with E-state index in [1.807, 2.05) is 31.0 Å². The topological polar surface area (TPSA) is 87.1 Å². The van der Waals surface area contributed by atoms with E-state index in [0.29, 0.717) is 31.0 Å². The fourth-order valence-corrected chi connectivity index (χ4v) is 4.33. The van der Waals surface area contributed by atoms with Crippen molar-refractivity contribution in [3.63, 3.8) is 0 Å². The number of alkyl halides is 3. The van der Waals surface area contributed by atoms with E-state index in [9.17, 15) is 18.0 Å². The maximum atomic E-state index is 12.7. The number of aromatic nitrogens is 4. The van der Waals surface area contributed by atoms with Gasteiger partial charge in [0.05, 0.1) is 5.69 Å². The molecule has 0 fully saturated rings. The molecule has 1 N–H and O–H groups in total. The van der Waals surface area contributed by atoms with E-state index in [1.165, 1.54) is 12.3 Å². The Morgan fingerprint density at radius 3 is 2.54 bits per heavy atom. The molecule has 5 heterocycles. The van der Waals surface area contributed by atoms with Gasteiger partial charge in [0.25, 0.3) is 0 Å². The van der Waals surface area contributed by atoms with Gasteiger partial charge in [-0.15, -0.1) is 0 Å². The van der Waals surface area contributed by atoms with Crippen LogP contribution in [0.4, 0.5) is 30.6 Å². The molecule has 3 aromatic heterocycles. The molecule has 182 valence electrons. The minimum absolute atomic E-state index is 0.0727. The lowest BCUT2D eigenvalue weighted by Gasteiger charge is -2.41. The number of carbonyl (C=O) groups excluding carboxylic acids is 1. The Kier molecular flexibility index (Phi) is 5.78. The third-order valence-electron chi connectivity index (χ3n) is 6.38. The quantitative estimate of drug-likeness (QED) is 0.593. The highest BCUT2D eigenvalue weighted by molar-refractivity contribution is 6.05. The zero-order chi connectivity index (χ0) is 24.7. The highest BCUT2D eigenvalue weighted by Gasteiger charge is 2.38. The second-order valence-electron chi connectivity index (χ2n) is 8.78. The summed E-state index contributed by atoms with van der Waals surface area (Å²) in [5.41, 5.74) is 3.07. The van der Waals surface area contributed by atoms with E-state index in [0.717, 1.165) is 47.4 Å². The zero-order valence-electron chi connectivity index (χ0n) is 19.3. The van der Waals surface area contributed by atoms with Gasteiger partial charge in [0.2, 0.25) is 11.9 Å². The van der Waals surface area contributed by atoms with Gasteiger partial charge in [-0.1, -0.05) is 12.1 Å². The Morgan fingerprint density at radius 2 is 1.86 bits per heavy atom. The Morgan fingerprint density at radius 1 is 1.09 bits per heavy atom. The number of anilines is 3. The lowest BCUT2D eigenvalue weighted by Crippen LogP contribution is -2.53. The highest BCUT2D eigenvalue weighted by atomic mass is 19.4. The summed E-state index contributed by atoms with van der Waals surface area (Å²) in [5, 5.41) is 3.25. The largest absolute Gasteiger partial charge is 0.433 e. The van der Waals surface area contributed by atoms with E-state index in [-0.39, 0.29) is 11.9 Å². The summed E-state index contributed by atoms with van der Waals surface area (Å²) in [5.74, 6) is 1.32. The highest BCUT2D eigenvalue weighted by Crippen LogP contribution is 2.39. The fourth-order valence-electron chi connectivity index (χ4n) is 4.33. The molecule has 0 spiro atoms. The summed E-state index contributed by atoms with van der Waals surface area (Å²) in [6.07, 6.45) is 0.542. The third-order valence-corrected chi connectivity index (χ3v) is 6.38. The van der Waals surface area contributed by atoms with Gasteiger partial charge in [0.15, 0.2) is 5.82 Å². The molecule has 8 nitrogen and oxygen atoms in total. The molecule has 2 aliphatic heterocycles. The molecule has 2 aliphatic rings. The van der Waals surface area contributed by atoms with Crippen LogP contribution in [0.1, 0.15) is 41.6 Å². The minimum atomic E-state index is -4.45. The number of likely N-dealkylation sites (N-methyl/N-ethyl adjacent to an activating group) is 1. The normalized spacial score (nSPS) is 17.4. The number of nitrogens with one attached hydrogen (secondary N) is 1. The van der Waals surface area contributed by atoms with Gasteiger partial charge >= 0.3 is 6.18 Å². The van der Waals surface area contributed by atoms with Crippen LogP contribution in [0.25, 0.3) is 0 Å². The molecule has 0 saturated carbocycles. The van der Waals surface area contributed by atoms with Gasteiger partial charge < -0.3 is 15.1 Å². The molecule has 5 rings (SSSR count). The predicted octanol–water partition coefficient (Wildman–Crippen LogP) is 3.61. The molecule has 0 aromatic carbocycles. The Bertz CT molecular complexity index is 1250. The SMILES string of the molecule is CC1C(=O)N2CCCc3nc(NCc4ccc(Cc5ccc(C(F)(F)F)nc5)nc4)nc(c32)N1C. The molecule has 1 unspecified atom stereocenters. The molecule has 3 aromatic rings. The van der Waals surface area contributed by atoms with Crippen LogP contribution in [0.3, 0.4) is 0 Å². The molecule has 1 amide bonds. The van der Waals surface area contributed by atoms with Crippen LogP contribution in [0, 0.1) is 0 Å². The average Bonchev–Trinajstić information content (AvgIpc) is 2.85. The van der Waals surface area contributed by atoms with Crippen molar-refractivity contribution in [3.05, 3.63) is 64.9 Å². The summed E-state index contributed by atoms with van der Waals surface area (Å²) in [6.45, 7) is 3.02. The van der Waals surface area contributed by atoms with E-state index in [1.54, 1.807) is 11.1 Å². The number of carbonyl (C=O) groups is 1. The average molecular weight is 483 g/mol. The van der Waals surface area contributed by atoms with Crippen LogP contribution in [0.2, 0.25) is 0 Å². The Labute approximate surface area is 200 Å². The molecule has 11 heteroatoms. The summed E-state index contributed by atoms with van der Waals surface area (Å²) < 4.78 is 38.0. The monoisotopic (exact) mass is 483 g/mol. The van der Waals surface area contributed by atoms with Crippen LogP contribution >= 0.6 is 0 Å². The van der Waals surface area contributed by atoms with Gasteiger partial charge in [-0.3, -0.25) is 14.8 Å². The predicted molar refractivity (Wildman–Crippen MR) is 124 cm³/mol. The van der Waals surface area contributed by atoms with Crippen molar-refractivity contribution in [1.29, 1.82) is 0 Å². The second kappa shape index (κ2) is 8.79. The van der Waals surface area contributed by atoms with Crippen molar-refractivity contribution < 1.29 is 18.0 Å². The molecule has 0 radical (unpaired) electrons. The molecule has 0 bridgehead atoms. The number of pyridine rings is 2. The van der Waals surface area contributed by atoms with E-state index < -0.39 is 11.9 Å². The Balaban J connectivity index is 1.26. The van der Waals surface area contributed by atoms with Gasteiger partial charge in [-0.25, -0.2) is 4.98 Å².